The normalized spacial score (nSPS) is 14.6. The second-order valence-corrected chi connectivity index (χ2v) is 7.56. The van der Waals surface area contributed by atoms with Crippen LogP contribution in [0.2, 0.25) is 0 Å². The Morgan fingerprint density at radius 3 is 2.56 bits per heavy atom. The lowest BCUT2D eigenvalue weighted by molar-refractivity contribution is 0.0102. The summed E-state index contributed by atoms with van der Waals surface area (Å²) in [6.07, 6.45) is 3.53. The number of nitrogens with one attached hydrogen (secondary N) is 1. The summed E-state index contributed by atoms with van der Waals surface area (Å²) in [5, 5.41) is 9.19. The van der Waals surface area contributed by atoms with Crippen LogP contribution in [0.1, 0.15) is 49.2 Å². The average Bonchev–Trinajstić information content (AvgIpc) is 3.08. The molecule has 0 aliphatic heterocycles. The third-order valence-electron chi connectivity index (χ3n) is 4.07. The molecule has 25 heavy (non-hydrogen) atoms. The molecular weight excluding hydrogens is 344 g/mol. The summed E-state index contributed by atoms with van der Waals surface area (Å²) in [7, 11) is -4.78. The highest BCUT2D eigenvalue weighted by Gasteiger charge is 2.52. The fraction of sp³-hybridized carbons (Fsp3) is 0.471. The lowest BCUT2D eigenvalue weighted by Gasteiger charge is -2.32. The molecule has 0 radical (unpaired) electrons. The summed E-state index contributed by atoms with van der Waals surface area (Å²) in [5.41, 5.74) is 1.91. The molecule has 2 aromatic rings. The van der Waals surface area contributed by atoms with Crippen LogP contribution in [-0.4, -0.2) is 41.3 Å². The lowest BCUT2D eigenvalue weighted by atomic mass is 9.91. The van der Waals surface area contributed by atoms with Gasteiger partial charge in [0.05, 0.1) is 13.2 Å². The fourth-order valence-corrected chi connectivity index (χ4v) is 3.90. The smallest absolute Gasteiger partial charge is 0.307 e. The van der Waals surface area contributed by atoms with Crippen LogP contribution in [0, 0.1) is 0 Å². The van der Waals surface area contributed by atoms with Gasteiger partial charge in [-0.05, 0) is 23.5 Å². The van der Waals surface area contributed by atoms with Gasteiger partial charge in [0, 0.05) is 18.0 Å². The zero-order valence-corrected chi connectivity index (χ0v) is 15.4. The van der Waals surface area contributed by atoms with Crippen LogP contribution in [0.15, 0.2) is 30.6 Å². The minimum absolute atomic E-state index is 0.0188. The van der Waals surface area contributed by atoms with Crippen LogP contribution < -0.4 is 0 Å². The lowest BCUT2D eigenvalue weighted by Crippen LogP contribution is -2.42. The van der Waals surface area contributed by atoms with Gasteiger partial charge in [-0.3, -0.25) is 4.55 Å². The number of rotatable bonds is 8. The van der Waals surface area contributed by atoms with E-state index >= 15 is 0 Å². The van der Waals surface area contributed by atoms with E-state index in [2.05, 4.69) is 9.97 Å². The molecular formula is C17H24N2O5S. The Morgan fingerprint density at radius 2 is 2.08 bits per heavy atom. The van der Waals surface area contributed by atoms with Gasteiger partial charge in [0.1, 0.15) is 0 Å². The molecule has 138 valence electrons. The summed E-state index contributed by atoms with van der Waals surface area (Å²) in [6, 6.07) is 5.47. The molecule has 0 spiro atoms. The molecule has 0 fully saturated rings. The maximum atomic E-state index is 12.5. The third kappa shape index (κ3) is 3.62. The van der Waals surface area contributed by atoms with E-state index in [1.165, 1.54) is 12.4 Å². The van der Waals surface area contributed by atoms with E-state index in [1.807, 2.05) is 32.9 Å². The summed E-state index contributed by atoms with van der Waals surface area (Å²) in [6.45, 7) is 5.11. The van der Waals surface area contributed by atoms with Gasteiger partial charge < -0.3 is 14.8 Å². The molecule has 0 aliphatic carbocycles. The van der Waals surface area contributed by atoms with Crippen molar-refractivity contribution in [3.05, 3.63) is 53.1 Å². The van der Waals surface area contributed by atoms with Crippen LogP contribution in [0.5, 0.6) is 0 Å². The number of benzene rings is 1. The maximum Gasteiger partial charge on any atom is 0.307 e. The monoisotopic (exact) mass is 368 g/mol. The minimum atomic E-state index is -4.78. The van der Waals surface area contributed by atoms with Gasteiger partial charge in [-0.25, -0.2) is 4.98 Å². The van der Waals surface area contributed by atoms with E-state index in [9.17, 15) is 18.1 Å². The number of hydrogen-bond donors (Lipinski definition) is 3. The zero-order chi connectivity index (χ0) is 18.7. The summed E-state index contributed by atoms with van der Waals surface area (Å²) in [4.78, 5) is 4.55. The number of aromatic nitrogens is 2. The molecule has 0 aliphatic rings. The molecule has 1 aromatic carbocycles. The molecule has 0 bridgehead atoms. The number of hydrogen-bond acceptors (Lipinski definition) is 5. The van der Waals surface area contributed by atoms with Crippen molar-refractivity contribution < 1.29 is 22.8 Å². The maximum absolute atomic E-state index is 12.5. The Bertz CT molecular complexity index is 802. The number of aliphatic hydroxyl groups excluding tert-OH is 1. The van der Waals surface area contributed by atoms with Crippen molar-refractivity contribution in [3.63, 3.8) is 0 Å². The van der Waals surface area contributed by atoms with Crippen LogP contribution in [0.3, 0.4) is 0 Å². The molecule has 3 N–H and O–H groups in total. The second-order valence-electron chi connectivity index (χ2n) is 6.03. The Kier molecular flexibility index (Phi) is 5.99. The molecule has 1 atom stereocenters. The predicted octanol–water partition coefficient (Wildman–Crippen LogP) is 2.19. The molecule has 0 saturated carbocycles. The zero-order valence-electron chi connectivity index (χ0n) is 14.6. The largest absolute Gasteiger partial charge is 0.394 e. The van der Waals surface area contributed by atoms with Crippen molar-refractivity contribution in [3.8, 4) is 0 Å². The number of H-pyrrole nitrogens is 1. The van der Waals surface area contributed by atoms with E-state index in [4.69, 9.17) is 4.74 Å². The van der Waals surface area contributed by atoms with Gasteiger partial charge in [0.15, 0.2) is 5.82 Å². The molecule has 8 heteroatoms. The van der Waals surface area contributed by atoms with E-state index in [-0.39, 0.29) is 18.3 Å². The Balaban J connectivity index is 2.88. The topological polar surface area (TPSA) is 113 Å². The van der Waals surface area contributed by atoms with E-state index in [1.54, 1.807) is 6.07 Å². The SMILES string of the molecule is CCc1ccc(C(C)C)c(C(OCCO)(c2ncc[nH]2)S(=O)(=O)O)c1. The van der Waals surface area contributed by atoms with Crippen molar-refractivity contribution in [2.75, 3.05) is 13.2 Å². The number of nitrogens with zero attached hydrogens (tertiary/aromatic N) is 1. The first kappa shape index (κ1) is 19.6. The quantitative estimate of drug-likeness (QED) is 0.616. The minimum Gasteiger partial charge on any atom is -0.394 e. The van der Waals surface area contributed by atoms with Gasteiger partial charge in [-0.1, -0.05) is 39.0 Å². The summed E-state index contributed by atoms with van der Waals surface area (Å²) >= 11 is 0. The van der Waals surface area contributed by atoms with Crippen molar-refractivity contribution in [1.82, 2.24) is 9.97 Å². The predicted molar refractivity (Wildman–Crippen MR) is 93.9 cm³/mol. The van der Waals surface area contributed by atoms with Crippen molar-refractivity contribution in [1.29, 1.82) is 0 Å². The number of aryl methyl sites for hydroxylation is 1. The van der Waals surface area contributed by atoms with Gasteiger partial charge in [-0.2, -0.15) is 8.42 Å². The summed E-state index contributed by atoms with van der Waals surface area (Å²) < 4.78 is 40.8. The first-order chi connectivity index (χ1) is 11.8. The number of ether oxygens (including phenoxy) is 1. The van der Waals surface area contributed by atoms with E-state index < -0.39 is 21.7 Å². The molecule has 2 rings (SSSR count). The molecule has 1 aromatic heterocycles. The van der Waals surface area contributed by atoms with Gasteiger partial charge in [-0.15, -0.1) is 0 Å². The van der Waals surface area contributed by atoms with Gasteiger partial charge in [0.25, 0.3) is 4.93 Å². The highest BCUT2D eigenvalue weighted by atomic mass is 32.2. The number of aliphatic hydroxyl groups is 1. The van der Waals surface area contributed by atoms with Crippen LogP contribution in [-0.2, 0) is 26.2 Å². The third-order valence-corrected chi connectivity index (χ3v) is 5.33. The molecule has 0 amide bonds. The van der Waals surface area contributed by atoms with Crippen LogP contribution in [0.25, 0.3) is 0 Å². The first-order valence-electron chi connectivity index (χ1n) is 8.12. The highest BCUT2D eigenvalue weighted by molar-refractivity contribution is 7.86. The standard InChI is InChI=1S/C17H24N2O5S/c1-4-13-5-6-14(12(2)3)15(11-13)17(24-10-9-20,25(21,22)23)16-18-7-8-19-16/h5-8,11-12,20H,4,9-10H2,1-3H3,(H,18,19)(H,21,22,23). The average molecular weight is 368 g/mol. The Morgan fingerprint density at radius 1 is 1.36 bits per heavy atom. The Labute approximate surface area is 147 Å². The summed E-state index contributed by atoms with van der Waals surface area (Å²) in [5.74, 6) is -0.0756. The van der Waals surface area contributed by atoms with E-state index in [0.717, 1.165) is 5.56 Å². The fourth-order valence-electron chi connectivity index (χ4n) is 2.86. The van der Waals surface area contributed by atoms with Crippen molar-refractivity contribution >= 4 is 10.1 Å². The molecule has 1 unspecified atom stereocenters. The molecule has 7 nitrogen and oxygen atoms in total. The second kappa shape index (κ2) is 7.65. The van der Waals surface area contributed by atoms with Gasteiger partial charge in [0.2, 0.25) is 0 Å². The van der Waals surface area contributed by atoms with Gasteiger partial charge >= 0.3 is 10.1 Å². The van der Waals surface area contributed by atoms with Crippen LogP contribution in [0.4, 0.5) is 0 Å². The number of aromatic amines is 1. The first-order valence-corrected chi connectivity index (χ1v) is 9.57. The molecule has 0 saturated heterocycles. The number of imidazole rings is 1. The highest BCUT2D eigenvalue weighted by Crippen LogP contribution is 2.41. The van der Waals surface area contributed by atoms with Crippen molar-refractivity contribution in [2.45, 2.75) is 38.0 Å². The molecule has 1 heterocycles. The van der Waals surface area contributed by atoms with E-state index in [0.29, 0.717) is 17.5 Å². The Hall–Kier alpha value is -1.74. The van der Waals surface area contributed by atoms with Crippen molar-refractivity contribution in [2.24, 2.45) is 0 Å². The van der Waals surface area contributed by atoms with Crippen LogP contribution >= 0.6 is 0 Å².